The van der Waals surface area contributed by atoms with Gasteiger partial charge < -0.3 is 10.6 Å². The highest BCUT2D eigenvalue weighted by Crippen LogP contribution is 2.43. The first-order valence-corrected chi connectivity index (χ1v) is 9.16. The zero-order chi connectivity index (χ0) is 16.4. The van der Waals surface area contributed by atoms with E-state index in [0.717, 1.165) is 17.3 Å². The van der Waals surface area contributed by atoms with Crippen LogP contribution >= 0.6 is 15.9 Å². The third-order valence-electron chi connectivity index (χ3n) is 4.91. The van der Waals surface area contributed by atoms with Gasteiger partial charge in [-0.2, -0.15) is 0 Å². The maximum atomic E-state index is 12.5. The second-order valence-corrected chi connectivity index (χ2v) is 7.62. The summed E-state index contributed by atoms with van der Waals surface area (Å²) in [5.41, 5.74) is 1.24. The largest absolute Gasteiger partial charge is 0.351 e. The first kappa shape index (κ1) is 16.5. The van der Waals surface area contributed by atoms with Crippen molar-refractivity contribution < 1.29 is 9.59 Å². The van der Waals surface area contributed by atoms with Crippen LogP contribution in [0.15, 0.2) is 28.7 Å². The lowest BCUT2D eigenvalue weighted by molar-refractivity contribution is -0.128. The normalized spacial score (nSPS) is 24.4. The molecule has 0 aromatic heterocycles. The van der Waals surface area contributed by atoms with Gasteiger partial charge in [0.1, 0.15) is 6.04 Å². The van der Waals surface area contributed by atoms with Crippen LogP contribution in [-0.4, -0.2) is 23.9 Å². The van der Waals surface area contributed by atoms with Crippen LogP contribution in [0.25, 0.3) is 0 Å². The Morgan fingerprint density at radius 3 is 2.65 bits per heavy atom. The summed E-state index contributed by atoms with van der Waals surface area (Å²) >= 11 is 3.57. The molecule has 124 valence electrons. The number of hydrogen-bond donors (Lipinski definition) is 2. The molecule has 3 atom stereocenters. The SMILES string of the molecule is CC(=O)N[C@H](CC1CCC1)C(=O)N[C@@H]1C[C@H]1c1ccccc1Br. The number of carbonyl (C=O) groups excluding carboxylic acids is 2. The van der Waals surface area contributed by atoms with Gasteiger partial charge in [-0.1, -0.05) is 53.4 Å². The molecule has 0 aliphatic heterocycles. The van der Waals surface area contributed by atoms with Gasteiger partial charge in [0.2, 0.25) is 11.8 Å². The zero-order valence-corrected chi connectivity index (χ0v) is 14.9. The number of hydrogen-bond acceptors (Lipinski definition) is 2. The van der Waals surface area contributed by atoms with Gasteiger partial charge in [0.05, 0.1) is 0 Å². The smallest absolute Gasteiger partial charge is 0.242 e. The monoisotopic (exact) mass is 378 g/mol. The topological polar surface area (TPSA) is 58.2 Å². The van der Waals surface area contributed by atoms with E-state index < -0.39 is 6.04 Å². The third-order valence-corrected chi connectivity index (χ3v) is 5.63. The van der Waals surface area contributed by atoms with Gasteiger partial charge in [-0.05, 0) is 30.4 Å². The minimum Gasteiger partial charge on any atom is -0.351 e. The fourth-order valence-electron chi connectivity index (χ4n) is 3.30. The minimum absolute atomic E-state index is 0.0355. The predicted molar refractivity (Wildman–Crippen MR) is 93.0 cm³/mol. The minimum atomic E-state index is -0.390. The van der Waals surface area contributed by atoms with Crippen molar-refractivity contribution in [1.82, 2.24) is 10.6 Å². The Labute approximate surface area is 145 Å². The van der Waals surface area contributed by atoms with Crippen molar-refractivity contribution in [3.8, 4) is 0 Å². The lowest BCUT2D eigenvalue weighted by atomic mass is 9.80. The molecule has 2 aliphatic carbocycles. The van der Waals surface area contributed by atoms with Gasteiger partial charge in [-0.15, -0.1) is 0 Å². The molecule has 0 unspecified atom stereocenters. The summed E-state index contributed by atoms with van der Waals surface area (Å²) in [5.74, 6) is 0.779. The Balaban J connectivity index is 1.56. The molecule has 1 aromatic rings. The van der Waals surface area contributed by atoms with E-state index in [1.807, 2.05) is 18.2 Å². The molecule has 0 spiro atoms. The maximum Gasteiger partial charge on any atom is 0.242 e. The second-order valence-electron chi connectivity index (χ2n) is 6.76. The highest BCUT2D eigenvalue weighted by molar-refractivity contribution is 9.10. The van der Waals surface area contributed by atoms with Crippen LogP contribution < -0.4 is 10.6 Å². The molecule has 2 amide bonds. The number of rotatable bonds is 6. The highest BCUT2D eigenvalue weighted by Gasteiger charge is 2.41. The van der Waals surface area contributed by atoms with Gasteiger partial charge in [-0.25, -0.2) is 0 Å². The summed E-state index contributed by atoms with van der Waals surface area (Å²) < 4.78 is 1.09. The van der Waals surface area contributed by atoms with Crippen molar-refractivity contribution >= 4 is 27.7 Å². The molecule has 2 aliphatic rings. The van der Waals surface area contributed by atoms with Crippen molar-refractivity contribution in [3.63, 3.8) is 0 Å². The van der Waals surface area contributed by atoms with E-state index in [4.69, 9.17) is 0 Å². The summed E-state index contributed by atoms with van der Waals surface area (Å²) in [5, 5.41) is 5.93. The van der Waals surface area contributed by atoms with Crippen LogP contribution in [0.4, 0.5) is 0 Å². The Bertz CT molecular complexity index is 600. The summed E-state index contributed by atoms with van der Waals surface area (Å²) in [7, 11) is 0. The number of amides is 2. The van der Waals surface area contributed by atoms with E-state index in [1.165, 1.54) is 31.7 Å². The summed E-state index contributed by atoms with van der Waals surface area (Å²) in [6.07, 6.45) is 5.31. The molecule has 23 heavy (non-hydrogen) atoms. The van der Waals surface area contributed by atoms with Crippen molar-refractivity contribution in [1.29, 1.82) is 0 Å². The van der Waals surface area contributed by atoms with Gasteiger partial charge in [0.15, 0.2) is 0 Å². The van der Waals surface area contributed by atoms with Crippen LogP contribution in [0, 0.1) is 5.92 Å². The number of halogens is 1. The van der Waals surface area contributed by atoms with Crippen LogP contribution in [0.5, 0.6) is 0 Å². The number of nitrogens with one attached hydrogen (secondary N) is 2. The van der Waals surface area contributed by atoms with Crippen LogP contribution in [0.1, 0.15) is 50.5 Å². The molecule has 0 bridgehead atoms. The van der Waals surface area contributed by atoms with E-state index in [0.29, 0.717) is 11.8 Å². The average molecular weight is 379 g/mol. The van der Waals surface area contributed by atoms with Crippen molar-refractivity contribution in [3.05, 3.63) is 34.3 Å². The number of carbonyl (C=O) groups is 2. The summed E-state index contributed by atoms with van der Waals surface area (Å²) in [6.45, 7) is 1.47. The lowest BCUT2D eigenvalue weighted by Gasteiger charge is -2.29. The maximum absolute atomic E-state index is 12.5. The van der Waals surface area contributed by atoms with Gasteiger partial charge in [-0.3, -0.25) is 9.59 Å². The summed E-state index contributed by atoms with van der Waals surface area (Å²) in [4.78, 5) is 23.9. The van der Waals surface area contributed by atoms with E-state index in [9.17, 15) is 9.59 Å². The van der Waals surface area contributed by atoms with Crippen molar-refractivity contribution in [2.75, 3.05) is 0 Å². The van der Waals surface area contributed by atoms with Crippen LogP contribution in [0.2, 0.25) is 0 Å². The fraction of sp³-hybridized carbons (Fsp3) is 0.556. The Morgan fingerprint density at radius 1 is 1.30 bits per heavy atom. The first-order chi connectivity index (χ1) is 11.0. The number of benzene rings is 1. The van der Waals surface area contributed by atoms with Gasteiger partial charge >= 0.3 is 0 Å². The van der Waals surface area contributed by atoms with Gasteiger partial charge in [0.25, 0.3) is 0 Å². The molecule has 0 heterocycles. The first-order valence-electron chi connectivity index (χ1n) is 8.36. The quantitative estimate of drug-likeness (QED) is 0.798. The standard InChI is InChI=1S/C18H23BrN2O2/c1-11(22)20-17(9-12-5-4-6-12)18(23)21-16-10-14(16)13-7-2-3-8-15(13)19/h2-3,7-8,12,14,16-17H,4-6,9-10H2,1H3,(H,20,22)(H,21,23)/t14-,16+,17+/m0/s1. The zero-order valence-electron chi connectivity index (χ0n) is 13.3. The Morgan fingerprint density at radius 2 is 2.04 bits per heavy atom. The molecule has 2 N–H and O–H groups in total. The van der Waals surface area contributed by atoms with E-state index in [-0.39, 0.29) is 17.9 Å². The molecule has 1 aromatic carbocycles. The molecule has 3 rings (SSSR count). The average Bonchev–Trinajstić information content (AvgIpc) is 3.20. The predicted octanol–water partition coefficient (Wildman–Crippen LogP) is 3.12. The molecule has 4 nitrogen and oxygen atoms in total. The van der Waals surface area contributed by atoms with E-state index >= 15 is 0 Å². The molecular weight excluding hydrogens is 356 g/mol. The Hall–Kier alpha value is -1.36. The second kappa shape index (κ2) is 7.04. The molecule has 2 saturated carbocycles. The summed E-state index contributed by atoms with van der Waals surface area (Å²) in [6, 6.07) is 7.93. The highest BCUT2D eigenvalue weighted by atomic mass is 79.9. The van der Waals surface area contributed by atoms with E-state index in [2.05, 4.69) is 32.6 Å². The molecule has 0 radical (unpaired) electrons. The van der Waals surface area contributed by atoms with E-state index in [1.54, 1.807) is 0 Å². The molecule has 2 fully saturated rings. The fourth-order valence-corrected chi connectivity index (χ4v) is 3.87. The third kappa shape index (κ3) is 4.14. The molecule has 0 saturated heterocycles. The lowest BCUT2D eigenvalue weighted by Crippen LogP contribution is -2.48. The van der Waals surface area contributed by atoms with Crippen molar-refractivity contribution in [2.24, 2.45) is 5.92 Å². The Kier molecular flexibility index (Phi) is 5.05. The molecule has 5 heteroatoms. The molecular formula is C18H23BrN2O2. The van der Waals surface area contributed by atoms with Gasteiger partial charge in [0, 0.05) is 23.4 Å². The van der Waals surface area contributed by atoms with Crippen LogP contribution in [-0.2, 0) is 9.59 Å². The van der Waals surface area contributed by atoms with Crippen LogP contribution in [0.3, 0.4) is 0 Å². The van der Waals surface area contributed by atoms with Crippen molar-refractivity contribution in [2.45, 2.75) is 57.0 Å².